The third-order valence-electron chi connectivity index (χ3n) is 6.84. The third-order valence-corrected chi connectivity index (χ3v) is 8.09. The van der Waals surface area contributed by atoms with Gasteiger partial charge in [0.05, 0.1) is 22.5 Å². The number of alkyl halides is 3. The standard InChI is InChI=1S/C24H23F3N6O3S/c1-23(36,13-4-2-12(3-5-13)20(34)35)21-29-11-18(37-21)15-8-14(9-17-16(15)10-30-33-17)31-22-28-7-6-19(32-22)24(25,26)27/h6-13,36H,2-5H2,1H3,(H,30,33)(H,34,35)(H,28,31,32)/t12-,13-,23?. The summed E-state index contributed by atoms with van der Waals surface area (Å²) >= 11 is 1.31. The first-order valence-corrected chi connectivity index (χ1v) is 12.4. The lowest BCUT2D eigenvalue weighted by Crippen LogP contribution is -2.35. The van der Waals surface area contributed by atoms with Crippen LogP contribution in [0.15, 0.2) is 36.8 Å². The molecule has 3 aromatic heterocycles. The fraction of sp³-hybridized carbons (Fsp3) is 0.375. The van der Waals surface area contributed by atoms with E-state index in [0.29, 0.717) is 41.9 Å². The van der Waals surface area contributed by atoms with Crippen molar-refractivity contribution < 1.29 is 28.2 Å². The molecule has 0 radical (unpaired) electrons. The van der Waals surface area contributed by atoms with Crippen LogP contribution in [0.25, 0.3) is 21.3 Å². The molecule has 0 saturated heterocycles. The Morgan fingerprint density at radius 1 is 1.16 bits per heavy atom. The molecule has 5 rings (SSSR count). The largest absolute Gasteiger partial charge is 0.481 e. The highest BCUT2D eigenvalue weighted by atomic mass is 32.1. The first-order chi connectivity index (χ1) is 17.5. The number of aliphatic carboxylic acids is 1. The highest BCUT2D eigenvalue weighted by Gasteiger charge is 2.40. The average molecular weight is 533 g/mol. The van der Waals surface area contributed by atoms with Crippen molar-refractivity contribution in [1.82, 2.24) is 25.1 Å². The third kappa shape index (κ3) is 5.01. The van der Waals surface area contributed by atoms with Gasteiger partial charge in [0, 0.05) is 29.0 Å². The number of hydrogen-bond donors (Lipinski definition) is 4. The number of carboxylic acids is 1. The summed E-state index contributed by atoms with van der Waals surface area (Å²) in [7, 11) is 0. The van der Waals surface area contributed by atoms with E-state index in [-0.39, 0.29) is 17.8 Å². The van der Waals surface area contributed by atoms with Crippen molar-refractivity contribution >= 4 is 39.8 Å². The maximum absolute atomic E-state index is 13.1. The molecule has 0 spiro atoms. The first-order valence-electron chi connectivity index (χ1n) is 11.6. The van der Waals surface area contributed by atoms with Crippen molar-refractivity contribution in [3.63, 3.8) is 0 Å². The van der Waals surface area contributed by atoms with Crippen molar-refractivity contribution in [2.24, 2.45) is 11.8 Å². The van der Waals surface area contributed by atoms with Gasteiger partial charge in [-0.25, -0.2) is 15.0 Å². The maximum atomic E-state index is 13.1. The fourth-order valence-corrected chi connectivity index (χ4v) is 5.81. The van der Waals surface area contributed by atoms with Crippen LogP contribution >= 0.6 is 11.3 Å². The van der Waals surface area contributed by atoms with Gasteiger partial charge in [0.15, 0.2) is 0 Å². The number of carbonyl (C=O) groups is 1. The van der Waals surface area contributed by atoms with Crippen LogP contribution in [0.1, 0.15) is 43.3 Å². The number of aliphatic hydroxyl groups is 1. The molecule has 4 aromatic rings. The van der Waals surface area contributed by atoms with Gasteiger partial charge < -0.3 is 15.5 Å². The maximum Gasteiger partial charge on any atom is 0.433 e. The zero-order valence-electron chi connectivity index (χ0n) is 19.6. The van der Waals surface area contributed by atoms with E-state index in [1.807, 2.05) is 0 Å². The number of aromatic amines is 1. The second-order valence-electron chi connectivity index (χ2n) is 9.31. The van der Waals surface area contributed by atoms with Crippen LogP contribution in [0.2, 0.25) is 0 Å². The topological polar surface area (TPSA) is 137 Å². The van der Waals surface area contributed by atoms with E-state index < -0.39 is 23.4 Å². The summed E-state index contributed by atoms with van der Waals surface area (Å²) in [5, 5.41) is 31.7. The molecule has 3 heterocycles. The number of carboxylic acid groups (broad SMARTS) is 1. The molecule has 1 aromatic carbocycles. The van der Waals surface area contributed by atoms with Crippen molar-refractivity contribution in [3.05, 3.63) is 47.5 Å². The number of thiazole rings is 1. The predicted octanol–water partition coefficient (Wildman–Crippen LogP) is 5.34. The summed E-state index contributed by atoms with van der Waals surface area (Å²) in [6.45, 7) is 1.71. The van der Waals surface area contributed by atoms with Crippen LogP contribution in [-0.4, -0.2) is 41.3 Å². The molecule has 1 aliphatic carbocycles. The molecule has 4 N–H and O–H groups in total. The van der Waals surface area contributed by atoms with Gasteiger partial charge in [-0.1, -0.05) is 0 Å². The molecule has 1 aliphatic rings. The smallest absolute Gasteiger partial charge is 0.433 e. The van der Waals surface area contributed by atoms with E-state index in [2.05, 4.69) is 30.5 Å². The van der Waals surface area contributed by atoms with Crippen LogP contribution in [0, 0.1) is 11.8 Å². The quantitative estimate of drug-likeness (QED) is 0.261. The van der Waals surface area contributed by atoms with E-state index in [0.717, 1.165) is 28.1 Å². The van der Waals surface area contributed by atoms with Crippen molar-refractivity contribution in [2.75, 3.05) is 5.32 Å². The Labute approximate surface area is 212 Å². The molecule has 1 fully saturated rings. The van der Waals surface area contributed by atoms with Gasteiger partial charge >= 0.3 is 12.1 Å². The van der Waals surface area contributed by atoms with Gasteiger partial charge in [0.2, 0.25) is 5.95 Å². The van der Waals surface area contributed by atoms with Gasteiger partial charge in [-0.3, -0.25) is 9.89 Å². The zero-order chi connectivity index (χ0) is 26.4. The second-order valence-corrected chi connectivity index (χ2v) is 10.3. The lowest BCUT2D eigenvalue weighted by atomic mass is 9.74. The molecule has 1 atom stereocenters. The zero-order valence-corrected chi connectivity index (χ0v) is 20.4. The van der Waals surface area contributed by atoms with Crippen LogP contribution < -0.4 is 5.32 Å². The molecule has 9 nitrogen and oxygen atoms in total. The minimum Gasteiger partial charge on any atom is -0.481 e. The molecule has 1 saturated carbocycles. The fourth-order valence-electron chi connectivity index (χ4n) is 4.74. The minimum atomic E-state index is -4.60. The number of benzene rings is 1. The number of rotatable bonds is 6. The number of hydrogen-bond acceptors (Lipinski definition) is 8. The van der Waals surface area contributed by atoms with Crippen molar-refractivity contribution in [2.45, 2.75) is 44.4 Å². The van der Waals surface area contributed by atoms with Crippen LogP contribution in [0.4, 0.5) is 24.8 Å². The average Bonchev–Trinajstić information content (AvgIpc) is 3.54. The second kappa shape index (κ2) is 9.38. The highest BCUT2D eigenvalue weighted by Crippen LogP contribution is 2.44. The van der Waals surface area contributed by atoms with Gasteiger partial charge in [-0.15, -0.1) is 11.3 Å². The predicted molar refractivity (Wildman–Crippen MR) is 130 cm³/mol. The molecule has 1 unspecified atom stereocenters. The lowest BCUT2D eigenvalue weighted by molar-refractivity contribution is -0.144. The summed E-state index contributed by atoms with van der Waals surface area (Å²) in [6.07, 6.45) is 1.91. The molecular formula is C24H23F3N6O3S. The van der Waals surface area contributed by atoms with Crippen molar-refractivity contribution in [3.8, 4) is 10.4 Å². The van der Waals surface area contributed by atoms with E-state index in [9.17, 15) is 28.2 Å². The summed E-state index contributed by atoms with van der Waals surface area (Å²) in [5.41, 5.74) is -0.487. The number of nitrogens with one attached hydrogen (secondary N) is 2. The molecule has 0 bridgehead atoms. The Balaban J connectivity index is 1.43. The summed E-state index contributed by atoms with van der Waals surface area (Å²) in [4.78, 5) is 24.0. The number of aromatic nitrogens is 5. The molecule has 194 valence electrons. The molecule has 13 heteroatoms. The van der Waals surface area contributed by atoms with Gasteiger partial charge in [-0.05, 0) is 56.7 Å². The van der Waals surface area contributed by atoms with E-state index in [1.165, 1.54) is 11.3 Å². The van der Waals surface area contributed by atoms with Gasteiger partial charge in [0.25, 0.3) is 0 Å². The summed E-state index contributed by atoms with van der Waals surface area (Å²) in [5.74, 6) is -1.52. The highest BCUT2D eigenvalue weighted by molar-refractivity contribution is 7.15. The van der Waals surface area contributed by atoms with E-state index in [1.54, 1.807) is 31.5 Å². The monoisotopic (exact) mass is 532 g/mol. The number of halogens is 3. The van der Waals surface area contributed by atoms with Crippen molar-refractivity contribution in [1.29, 1.82) is 0 Å². The van der Waals surface area contributed by atoms with Crippen LogP contribution in [-0.2, 0) is 16.6 Å². The van der Waals surface area contributed by atoms with E-state index in [4.69, 9.17) is 0 Å². The van der Waals surface area contributed by atoms with Gasteiger partial charge in [0.1, 0.15) is 16.3 Å². The Kier molecular flexibility index (Phi) is 6.36. The minimum absolute atomic E-state index is 0.123. The number of anilines is 2. The molecule has 37 heavy (non-hydrogen) atoms. The van der Waals surface area contributed by atoms with Crippen LogP contribution in [0.3, 0.4) is 0 Å². The normalized spacial score (nSPS) is 20.0. The molecule has 0 amide bonds. The SMILES string of the molecule is CC(O)(c1ncc(-c2cc(Nc3nccc(C(F)(F)F)n3)cc3[nH]ncc23)s1)[C@H]1CC[C@H](C(=O)O)CC1. The summed E-state index contributed by atoms with van der Waals surface area (Å²) < 4.78 is 39.2. The van der Waals surface area contributed by atoms with E-state index >= 15 is 0 Å². The van der Waals surface area contributed by atoms with Crippen LogP contribution in [0.5, 0.6) is 0 Å². The number of H-pyrrole nitrogens is 1. The number of fused-ring (bicyclic) bond motifs is 1. The lowest BCUT2D eigenvalue weighted by Gasteiger charge is -2.35. The van der Waals surface area contributed by atoms with Gasteiger partial charge in [-0.2, -0.15) is 18.3 Å². The molecular weight excluding hydrogens is 509 g/mol. The Morgan fingerprint density at radius 2 is 1.92 bits per heavy atom. The summed E-state index contributed by atoms with van der Waals surface area (Å²) in [6, 6.07) is 4.23. The molecule has 0 aliphatic heterocycles. The Hall–Kier alpha value is -3.58. The number of nitrogens with zero attached hydrogens (tertiary/aromatic N) is 4. The Bertz CT molecular complexity index is 1440. The first kappa shape index (κ1) is 25.1. The Morgan fingerprint density at radius 3 is 2.62 bits per heavy atom.